The van der Waals surface area contributed by atoms with Gasteiger partial charge in [-0.2, -0.15) is 0 Å². The number of aryl methyl sites for hydroxylation is 2. The molecule has 1 rings (SSSR count). The van der Waals surface area contributed by atoms with Crippen LogP contribution in [0.5, 0.6) is 0 Å². The maximum absolute atomic E-state index is 3.59. The monoisotopic (exact) mass is 275 g/mol. The predicted molar refractivity (Wildman–Crippen MR) is 90.2 cm³/mol. The van der Waals surface area contributed by atoms with E-state index in [1.54, 1.807) is 0 Å². The molecule has 114 valence electrons. The topological polar surface area (TPSA) is 12.0 Å². The summed E-state index contributed by atoms with van der Waals surface area (Å²) in [5.41, 5.74) is 4.30. The van der Waals surface area contributed by atoms with Gasteiger partial charge in [-0.15, -0.1) is 0 Å². The summed E-state index contributed by atoms with van der Waals surface area (Å²) in [5, 5.41) is 3.59. The minimum atomic E-state index is 1.02. The predicted octanol–water partition coefficient (Wildman–Crippen LogP) is 5.53. The van der Waals surface area contributed by atoms with Gasteiger partial charge in [0.05, 0.1) is 0 Å². The fourth-order valence-electron chi connectivity index (χ4n) is 2.73. The summed E-state index contributed by atoms with van der Waals surface area (Å²) in [4.78, 5) is 0. The van der Waals surface area contributed by atoms with Gasteiger partial charge in [0.1, 0.15) is 0 Å². The number of hydrogen-bond acceptors (Lipinski definition) is 1. The number of unbranched alkanes of at least 4 members (excludes halogenated alkanes) is 7. The molecule has 0 aliphatic rings. The molecule has 0 radical (unpaired) electrons. The number of benzene rings is 1. The van der Waals surface area contributed by atoms with Crippen LogP contribution in [-0.2, 0) is 6.54 Å². The molecule has 1 aromatic carbocycles. The molecule has 0 spiro atoms. The van der Waals surface area contributed by atoms with E-state index in [0.29, 0.717) is 0 Å². The first-order valence-corrected chi connectivity index (χ1v) is 8.51. The van der Waals surface area contributed by atoms with E-state index in [4.69, 9.17) is 0 Å². The zero-order valence-electron chi connectivity index (χ0n) is 13.8. The fourth-order valence-corrected chi connectivity index (χ4v) is 2.73. The molecule has 1 heteroatoms. The zero-order chi connectivity index (χ0) is 14.6. The molecule has 0 aliphatic carbocycles. The fraction of sp³-hybridized carbons (Fsp3) is 0.684. The first-order chi connectivity index (χ1) is 9.75. The third-order valence-electron chi connectivity index (χ3n) is 4.15. The van der Waals surface area contributed by atoms with E-state index >= 15 is 0 Å². The Labute approximate surface area is 126 Å². The summed E-state index contributed by atoms with van der Waals surface area (Å²) >= 11 is 0. The van der Waals surface area contributed by atoms with Crippen molar-refractivity contribution in [2.75, 3.05) is 6.54 Å². The highest BCUT2D eigenvalue weighted by molar-refractivity contribution is 5.33. The lowest BCUT2D eigenvalue weighted by molar-refractivity contribution is 0.554. The van der Waals surface area contributed by atoms with Gasteiger partial charge in [-0.25, -0.2) is 0 Å². The van der Waals surface area contributed by atoms with E-state index in [9.17, 15) is 0 Å². The molecule has 0 saturated heterocycles. The lowest BCUT2D eigenvalue weighted by Gasteiger charge is -2.10. The Bertz CT molecular complexity index is 337. The molecule has 20 heavy (non-hydrogen) atoms. The molecule has 1 aromatic rings. The Kier molecular flexibility index (Phi) is 9.40. The van der Waals surface area contributed by atoms with Gasteiger partial charge in [0.2, 0.25) is 0 Å². The van der Waals surface area contributed by atoms with Crippen molar-refractivity contribution in [2.24, 2.45) is 0 Å². The average molecular weight is 275 g/mol. The Hall–Kier alpha value is -0.820. The molecule has 0 aliphatic heterocycles. The second-order valence-corrected chi connectivity index (χ2v) is 6.02. The molecular formula is C19H33N. The van der Waals surface area contributed by atoms with Crippen LogP contribution in [0.25, 0.3) is 0 Å². The van der Waals surface area contributed by atoms with Crippen molar-refractivity contribution < 1.29 is 0 Å². The average Bonchev–Trinajstić information content (AvgIpc) is 2.43. The van der Waals surface area contributed by atoms with Crippen LogP contribution in [0, 0.1) is 13.8 Å². The minimum Gasteiger partial charge on any atom is -0.313 e. The van der Waals surface area contributed by atoms with Crippen molar-refractivity contribution in [2.45, 2.75) is 78.7 Å². The van der Waals surface area contributed by atoms with Gasteiger partial charge < -0.3 is 5.32 Å². The van der Waals surface area contributed by atoms with Crippen molar-refractivity contribution in [3.63, 3.8) is 0 Å². The second kappa shape index (κ2) is 10.9. The molecule has 0 saturated carbocycles. The van der Waals surface area contributed by atoms with E-state index in [1.165, 1.54) is 68.1 Å². The van der Waals surface area contributed by atoms with Crippen LogP contribution in [-0.4, -0.2) is 6.54 Å². The van der Waals surface area contributed by atoms with E-state index in [-0.39, 0.29) is 0 Å². The molecule has 1 N–H and O–H groups in total. The van der Waals surface area contributed by atoms with Crippen LogP contribution in [0.1, 0.15) is 75.0 Å². The first-order valence-electron chi connectivity index (χ1n) is 8.51. The largest absolute Gasteiger partial charge is 0.313 e. The molecule has 0 amide bonds. The van der Waals surface area contributed by atoms with Crippen molar-refractivity contribution in [1.29, 1.82) is 0 Å². The lowest BCUT2D eigenvalue weighted by atomic mass is 10.0. The third kappa shape index (κ3) is 7.09. The van der Waals surface area contributed by atoms with Crippen LogP contribution >= 0.6 is 0 Å². The molecular weight excluding hydrogens is 242 g/mol. The lowest BCUT2D eigenvalue weighted by Crippen LogP contribution is -2.16. The van der Waals surface area contributed by atoms with Crippen molar-refractivity contribution in [1.82, 2.24) is 5.32 Å². The smallest absolute Gasteiger partial charge is 0.0210 e. The highest BCUT2D eigenvalue weighted by atomic mass is 14.8. The van der Waals surface area contributed by atoms with Crippen molar-refractivity contribution in [3.8, 4) is 0 Å². The Morgan fingerprint density at radius 1 is 0.800 bits per heavy atom. The van der Waals surface area contributed by atoms with Gasteiger partial charge in [-0.05, 0) is 43.5 Å². The molecule has 0 unspecified atom stereocenters. The SMILES string of the molecule is CCCCCCCCCCNCc1c(C)cccc1C. The van der Waals surface area contributed by atoms with Gasteiger partial charge in [0.15, 0.2) is 0 Å². The van der Waals surface area contributed by atoms with E-state index in [0.717, 1.165) is 13.1 Å². The van der Waals surface area contributed by atoms with Gasteiger partial charge >= 0.3 is 0 Å². The van der Waals surface area contributed by atoms with Gasteiger partial charge in [-0.1, -0.05) is 70.1 Å². The van der Waals surface area contributed by atoms with Crippen LogP contribution in [0.15, 0.2) is 18.2 Å². The summed E-state index contributed by atoms with van der Waals surface area (Å²) < 4.78 is 0. The number of nitrogens with one attached hydrogen (secondary N) is 1. The highest BCUT2D eigenvalue weighted by Gasteiger charge is 2.00. The minimum absolute atomic E-state index is 1.02. The number of hydrogen-bond donors (Lipinski definition) is 1. The maximum Gasteiger partial charge on any atom is 0.0210 e. The number of rotatable bonds is 11. The highest BCUT2D eigenvalue weighted by Crippen LogP contribution is 2.13. The van der Waals surface area contributed by atoms with E-state index < -0.39 is 0 Å². The third-order valence-corrected chi connectivity index (χ3v) is 4.15. The summed E-state index contributed by atoms with van der Waals surface area (Å²) in [5.74, 6) is 0. The summed E-state index contributed by atoms with van der Waals surface area (Å²) in [6, 6.07) is 6.56. The summed E-state index contributed by atoms with van der Waals surface area (Å²) in [7, 11) is 0. The quantitative estimate of drug-likeness (QED) is 0.523. The standard InChI is InChI=1S/C19H33N/c1-4-5-6-7-8-9-10-11-15-20-16-19-17(2)13-12-14-18(19)3/h12-14,20H,4-11,15-16H2,1-3H3. The molecule has 0 heterocycles. The maximum atomic E-state index is 3.59. The van der Waals surface area contributed by atoms with Crippen molar-refractivity contribution in [3.05, 3.63) is 34.9 Å². The summed E-state index contributed by atoms with van der Waals surface area (Å²) in [6.45, 7) is 8.88. The Balaban J connectivity index is 2.00. The Morgan fingerprint density at radius 3 is 1.95 bits per heavy atom. The van der Waals surface area contributed by atoms with E-state index in [1.807, 2.05) is 0 Å². The van der Waals surface area contributed by atoms with Crippen molar-refractivity contribution >= 4 is 0 Å². The molecule has 0 aromatic heterocycles. The molecule has 1 nitrogen and oxygen atoms in total. The normalized spacial score (nSPS) is 10.9. The Morgan fingerprint density at radius 2 is 1.35 bits per heavy atom. The molecule has 0 bridgehead atoms. The van der Waals surface area contributed by atoms with Gasteiger partial charge in [0.25, 0.3) is 0 Å². The summed E-state index contributed by atoms with van der Waals surface area (Å²) in [6.07, 6.45) is 11.2. The van der Waals surface area contributed by atoms with Crippen LogP contribution in [0.3, 0.4) is 0 Å². The molecule has 0 atom stereocenters. The van der Waals surface area contributed by atoms with Crippen LogP contribution < -0.4 is 5.32 Å². The van der Waals surface area contributed by atoms with Gasteiger partial charge in [-0.3, -0.25) is 0 Å². The molecule has 0 fully saturated rings. The zero-order valence-corrected chi connectivity index (χ0v) is 13.8. The van der Waals surface area contributed by atoms with Gasteiger partial charge in [0, 0.05) is 6.54 Å². The van der Waals surface area contributed by atoms with E-state index in [2.05, 4.69) is 44.3 Å². The van der Waals surface area contributed by atoms with Crippen LogP contribution in [0.4, 0.5) is 0 Å². The van der Waals surface area contributed by atoms with Crippen LogP contribution in [0.2, 0.25) is 0 Å². The first kappa shape index (κ1) is 17.2. The second-order valence-electron chi connectivity index (χ2n) is 6.02.